The standard InChI is InChI=1S/C15H21NO3/c1-4-16(5-2)13(15(18)19)10-14(17)12-8-6-11(3)7-9-12/h6-9,13H,4-5,10H2,1-3H3,(H,18,19). The van der Waals surface area contributed by atoms with Crippen molar-refractivity contribution in [2.45, 2.75) is 33.2 Å². The van der Waals surface area contributed by atoms with Crippen molar-refractivity contribution in [2.24, 2.45) is 0 Å². The predicted octanol–water partition coefficient (Wildman–Crippen LogP) is 2.36. The minimum absolute atomic E-state index is 0.0140. The highest BCUT2D eigenvalue weighted by Gasteiger charge is 2.26. The fourth-order valence-electron chi connectivity index (χ4n) is 2.07. The molecule has 1 atom stereocenters. The Bertz CT molecular complexity index is 435. The number of carbonyl (C=O) groups is 2. The van der Waals surface area contributed by atoms with Crippen molar-refractivity contribution < 1.29 is 14.7 Å². The molecule has 0 radical (unpaired) electrons. The number of nitrogens with zero attached hydrogens (tertiary/aromatic N) is 1. The predicted molar refractivity (Wildman–Crippen MR) is 74.5 cm³/mol. The lowest BCUT2D eigenvalue weighted by Gasteiger charge is -2.25. The molecule has 0 saturated heterocycles. The van der Waals surface area contributed by atoms with Gasteiger partial charge in [0.25, 0.3) is 0 Å². The van der Waals surface area contributed by atoms with Crippen molar-refractivity contribution in [1.82, 2.24) is 4.90 Å². The Morgan fingerprint density at radius 1 is 1.16 bits per heavy atom. The number of likely N-dealkylation sites (N-methyl/N-ethyl adjacent to an activating group) is 1. The van der Waals surface area contributed by atoms with Crippen LogP contribution in [0.15, 0.2) is 24.3 Å². The molecule has 0 aliphatic heterocycles. The molecule has 4 heteroatoms. The van der Waals surface area contributed by atoms with E-state index >= 15 is 0 Å². The van der Waals surface area contributed by atoms with Crippen molar-refractivity contribution in [1.29, 1.82) is 0 Å². The van der Waals surface area contributed by atoms with E-state index in [-0.39, 0.29) is 12.2 Å². The molecule has 1 N–H and O–H groups in total. The summed E-state index contributed by atoms with van der Waals surface area (Å²) in [6, 6.07) is 6.47. The first kappa shape index (κ1) is 15.4. The number of ketones is 1. The number of carboxylic acid groups (broad SMARTS) is 1. The molecule has 1 rings (SSSR count). The largest absolute Gasteiger partial charge is 0.480 e. The summed E-state index contributed by atoms with van der Waals surface area (Å²) < 4.78 is 0. The van der Waals surface area contributed by atoms with E-state index in [9.17, 15) is 14.7 Å². The molecule has 1 aromatic carbocycles. The summed E-state index contributed by atoms with van der Waals surface area (Å²) in [4.78, 5) is 25.2. The molecule has 104 valence electrons. The summed E-state index contributed by atoms with van der Waals surface area (Å²) in [6.45, 7) is 6.99. The molecule has 0 saturated carbocycles. The van der Waals surface area contributed by atoms with Gasteiger partial charge < -0.3 is 5.11 Å². The van der Waals surface area contributed by atoms with Crippen LogP contribution >= 0.6 is 0 Å². The molecule has 0 aromatic heterocycles. The van der Waals surface area contributed by atoms with Crippen molar-refractivity contribution >= 4 is 11.8 Å². The summed E-state index contributed by atoms with van der Waals surface area (Å²) in [5, 5.41) is 9.25. The molecule has 4 nitrogen and oxygen atoms in total. The first-order valence-electron chi connectivity index (χ1n) is 6.56. The molecule has 0 heterocycles. The van der Waals surface area contributed by atoms with Gasteiger partial charge in [-0.25, -0.2) is 0 Å². The molecular formula is C15H21NO3. The molecule has 0 bridgehead atoms. The number of hydrogen-bond donors (Lipinski definition) is 1. The number of hydrogen-bond acceptors (Lipinski definition) is 3. The lowest BCUT2D eigenvalue weighted by Crippen LogP contribution is -2.42. The van der Waals surface area contributed by atoms with E-state index in [4.69, 9.17) is 0 Å². The number of Topliss-reactive ketones (excluding diaryl/α,β-unsaturated/α-hetero) is 1. The molecule has 0 aliphatic carbocycles. The van der Waals surface area contributed by atoms with E-state index in [2.05, 4.69) is 0 Å². The smallest absolute Gasteiger partial charge is 0.321 e. The minimum atomic E-state index is -0.941. The third-order valence-corrected chi connectivity index (χ3v) is 3.29. The average molecular weight is 263 g/mol. The zero-order chi connectivity index (χ0) is 14.4. The Hall–Kier alpha value is -1.68. The van der Waals surface area contributed by atoms with Crippen LogP contribution in [0, 0.1) is 6.92 Å². The molecule has 1 unspecified atom stereocenters. The van der Waals surface area contributed by atoms with Gasteiger partial charge in [-0.15, -0.1) is 0 Å². The van der Waals surface area contributed by atoms with Crippen LogP contribution < -0.4 is 0 Å². The highest BCUT2D eigenvalue weighted by atomic mass is 16.4. The summed E-state index contributed by atoms with van der Waals surface area (Å²) in [6.07, 6.45) is 0.0140. The number of carboxylic acids is 1. The van der Waals surface area contributed by atoms with Crippen LogP contribution in [0.4, 0.5) is 0 Å². The molecule has 0 fully saturated rings. The second-order valence-electron chi connectivity index (χ2n) is 4.57. The topological polar surface area (TPSA) is 57.6 Å². The molecular weight excluding hydrogens is 242 g/mol. The number of benzene rings is 1. The number of carbonyl (C=O) groups excluding carboxylic acids is 1. The molecule has 19 heavy (non-hydrogen) atoms. The van der Waals surface area contributed by atoms with Crippen molar-refractivity contribution in [3.8, 4) is 0 Å². The Labute approximate surface area is 114 Å². The number of aryl methyl sites for hydroxylation is 1. The van der Waals surface area contributed by atoms with Crippen LogP contribution in [0.1, 0.15) is 36.2 Å². The third kappa shape index (κ3) is 4.17. The first-order chi connectivity index (χ1) is 8.99. The van der Waals surface area contributed by atoms with E-state index in [1.165, 1.54) is 0 Å². The summed E-state index contributed by atoms with van der Waals surface area (Å²) in [7, 11) is 0. The van der Waals surface area contributed by atoms with E-state index < -0.39 is 12.0 Å². The normalized spacial score (nSPS) is 12.4. The fraction of sp³-hybridized carbons (Fsp3) is 0.467. The Kier molecular flexibility index (Phi) is 5.70. The van der Waals surface area contributed by atoms with Gasteiger partial charge in [-0.1, -0.05) is 43.7 Å². The van der Waals surface area contributed by atoms with Crippen molar-refractivity contribution in [3.63, 3.8) is 0 Å². The van der Waals surface area contributed by atoms with Gasteiger partial charge in [-0.3, -0.25) is 14.5 Å². The van der Waals surface area contributed by atoms with E-state index in [0.717, 1.165) is 5.56 Å². The summed E-state index contributed by atoms with van der Waals surface area (Å²) in [5.74, 6) is -1.07. The average Bonchev–Trinajstić information content (AvgIpc) is 2.39. The monoisotopic (exact) mass is 263 g/mol. The Balaban J connectivity index is 2.82. The van der Waals surface area contributed by atoms with Crippen LogP contribution in [-0.2, 0) is 4.79 Å². The van der Waals surface area contributed by atoms with Gasteiger partial charge in [0.2, 0.25) is 0 Å². The van der Waals surface area contributed by atoms with E-state index in [1.54, 1.807) is 17.0 Å². The third-order valence-electron chi connectivity index (χ3n) is 3.29. The molecule has 0 amide bonds. The van der Waals surface area contributed by atoms with Gasteiger partial charge >= 0.3 is 5.97 Å². The Morgan fingerprint density at radius 2 is 1.68 bits per heavy atom. The zero-order valence-corrected chi connectivity index (χ0v) is 11.7. The zero-order valence-electron chi connectivity index (χ0n) is 11.7. The van der Waals surface area contributed by atoms with Crippen LogP contribution in [0.3, 0.4) is 0 Å². The second kappa shape index (κ2) is 7.04. The Morgan fingerprint density at radius 3 is 2.11 bits per heavy atom. The SMILES string of the molecule is CCN(CC)C(CC(=O)c1ccc(C)cc1)C(=O)O. The van der Waals surface area contributed by atoms with Crippen LogP contribution in [-0.4, -0.2) is 40.9 Å². The molecule has 0 spiro atoms. The summed E-state index contributed by atoms with van der Waals surface area (Å²) >= 11 is 0. The van der Waals surface area contributed by atoms with E-state index in [0.29, 0.717) is 18.7 Å². The maximum atomic E-state index is 12.1. The quantitative estimate of drug-likeness (QED) is 0.767. The van der Waals surface area contributed by atoms with Gasteiger partial charge in [0.1, 0.15) is 6.04 Å². The maximum absolute atomic E-state index is 12.1. The van der Waals surface area contributed by atoms with Gasteiger partial charge in [-0.2, -0.15) is 0 Å². The number of aliphatic carboxylic acids is 1. The van der Waals surface area contributed by atoms with Crippen LogP contribution in [0.25, 0.3) is 0 Å². The van der Waals surface area contributed by atoms with Gasteiger partial charge in [0.15, 0.2) is 5.78 Å². The highest BCUT2D eigenvalue weighted by Crippen LogP contribution is 2.12. The molecule has 1 aromatic rings. The van der Waals surface area contributed by atoms with Crippen LogP contribution in [0.2, 0.25) is 0 Å². The first-order valence-corrected chi connectivity index (χ1v) is 6.56. The lowest BCUT2D eigenvalue weighted by molar-refractivity contribution is -0.143. The summed E-state index contributed by atoms with van der Waals surface area (Å²) in [5.41, 5.74) is 1.65. The van der Waals surface area contributed by atoms with Crippen molar-refractivity contribution in [2.75, 3.05) is 13.1 Å². The second-order valence-corrected chi connectivity index (χ2v) is 4.57. The fourth-order valence-corrected chi connectivity index (χ4v) is 2.07. The van der Waals surface area contributed by atoms with Gasteiger partial charge in [0, 0.05) is 12.0 Å². The van der Waals surface area contributed by atoms with E-state index in [1.807, 2.05) is 32.9 Å². The minimum Gasteiger partial charge on any atom is -0.480 e. The maximum Gasteiger partial charge on any atom is 0.321 e. The van der Waals surface area contributed by atoms with Crippen molar-refractivity contribution in [3.05, 3.63) is 35.4 Å². The number of rotatable bonds is 7. The van der Waals surface area contributed by atoms with Gasteiger partial charge in [0.05, 0.1) is 0 Å². The lowest BCUT2D eigenvalue weighted by atomic mass is 10.0. The van der Waals surface area contributed by atoms with Gasteiger partial charge in [-0.05, 0) is 20.0 Å². The molecule has 0 aliphatic rings. The van der Waals surface area contributed by atoms with Crippen LogP contribution in [0.5, 0.6) is 0 Å². The highest BCUT2D eigenvalue weighted by molar-refractivity contribution is 5.98.